The fraction of sp³-hybridized carbons (Fsp3) is 0.917. The Bertz CT molecular complexity index is 260. The smallest absolute Gasteiger partial charge is 0.324 e. The molecule has 0 amide bonds. The Kier molecular flexibility index (Phi) is 3.50. The van der Waals surface area contributed by atoms with Crippen LogP contribution >= 0.6 is 0 Å². The van der Waals surface area contributed by atoms with Gasteiger partial charge in [0.1, 0.15) is 5.54 Å². The van der Waals surface area contributed by atoms with Crippen molar-refractivity contribution >= 4 is 5.97 Å². The summed E-state index contributed by atoms with van der Waals surface area (Å²) in [6.45, 7) is 1.61. The molecule has 2 rings (SSSR count). The van der Waals surface area contributed by atoms with Crippen molar-refractivity contribution in [2.45, 2.75) is 56.5 Å². The summed E-state index contributed by atoms with van der Waals surface area (Å²) in [6.07, 6.45) is 6.97. The van der Waals surface area contributed by atoms with Gasteiger partial charge in [-0.3, -0.25) is 9.69 Å². The number of aliphatic carboxylic acids is 1. The number of carboxylic acids is 1. The first-order valence-corrected chi connectivity index (χ1v) is 6.39. The Morgan fingerprint density at radius 2 is 1.88 bits per heavy atom. The molecule has 1 aliphatic heterocycles. The predicted octanol–water partition coefficient (Wildman–Crippen LogP) is 1.20. The summed E-state index contributed by atoms with van der Waals surface area (Å²) in [7, 11) is 0. The lowest BCUT2D eigenvalue weighted by Crippen LogP contribution is -2.54. The largest absolute Gasteiger partial charge is 0.480 e. The Hall–Kier alpha value is -0.610. The molecule has 92 valence electrons. The second-order valence-electron chi connectivity index (χ2n) is 5.25. The van der Waals surface area contributed by atoms with Gasteiger partial charge >= 0.3 is 5.97 Å². The minimum Gasteiger partial charge on any atom is -0.480 e. The van der Waals surface area contributed by atoms with Crippen molar-refractivity contribution in [1.82, 2.24) is 4.90 Å². The molecule has 4 heteroatoms. The molecule has 0 bridgehead atoms. The highest BCUT2D eigenvalue weighted by Gasteiger charge is 2.45. The highest BCUT2D eigenvalue weighted by molar-refractivity contribution is 5.79. The van der Waals surface area contributed by atoms with Gasteiger partial charge in [-0.1, -0.05) is 25.7 Å². The number of likely N-dealkylation sites (tertiary alicyclic amines) is 1. The molecule has 1 saturated carbocycles. The molecule has 1 aliphatic carbocycles. The molecule has 2 fully saturated rings. The van der Waals surface area contributed by atoms with Gasteiger partial charge in [0.15, 0.2) is 0 Å². The first-order chi connectivity index (χ1) is 7.65. The number of nitrogens with zero attached hydrogens (tertiary/aromatic N) is 1. The monoisotopic (exact) mass is 226 g/mol. The summed E-state index contributed by atoms with van der Waals surface area (Å²) in [6, 6.07) is 0.166. The average molecular weight is 226 g/mol. The van der Waals surface area contributed by atoms with Crippen molar-refractivity contribution < 1.29 is 9.90 Å². The van der Waals surface area contributed by atoms with Crippen LogP contribution in [0.1, 0.15) is 44.9 Å². The molecule has 0 aromatic heterocycles. The van der Waals surface area contributed by atoms with E-state index in [1.54, 1.807) is 0 Å². The molecule has 0 radical (unpaired) electrons. The van der Waals surface area contributed by atoms with E-state index in [9.17, 15) is 9.90 Å². The van der Waals surface area contributed by atoms with Crippen LogP contribution in [0, 0.1) is 0 Å². The van der Waals surface area contributed by atoms with Crippen molar-refractivity contribution in [2.24, 2.45) is 5.73 Å². The van der Waals surface area contributed by atoms with Gasteiger partial charge in [0.05, 0.1) is 0 Å². The van der Waals surface area contributed by atoms with Gasteiger partial charge < -0.3 is 10.8 Å². The van der Waals surface area contributed by atoms with Gasteiger partial charge in [0.25, 0.3) is 0 Å². The highest BCUT2D eigenvalue weighted by Crippen LogP contribution is 2.35. The van der Waals surface area contributed by atoms with E-state index in [0.29, 0.717) is 0 Å². The van der Waals surface area contributed by atoms with Crippen molar-refractivity contribution in [3.63, 3.8) is 0 Å². The second kappa shape index (κ2) is 4.72. The zero-order valence-corrected chi connectivity index (χ0v) is 9.82. The van der Waals surface area contributed by atoms with Crippen LogP contribution in [0.15, 0.2) is 0 Å². The molecule has 4 nitrogen and oxygen atoms in total. The maximum absolute atomic E-state index is 11.6. The normalized spacial score (nSPS) is 31.2. The average Bonchev–Trinajstić information content (AvgIpc) is 2.55. The third-order valence-electron chi connectivity index (χ3n) is 4.16. The van der Waals surface area contributed by atoms with Crippen molar-refractivity contribution in [2.75, 3.05) is 13.1 Å². The lowest BCUT2D eigenvalue weighted by molar-refractivity contribution is -0.152. The van der Waals surface area contributed by atoms with Crippen molar-refractivity contribution in [3.05, 3.63) is 0 Å². The predicted molar refractivity (Wildman–Crippen MR) is 62.2 cm³/mol. The zero-order valence-electron chi connectivity index (χ0n) is 9.82. The van der Waals surface area contributed by atoms with E-state index in [4.69, 9.17) is 5.73 Å². The third-order valence-corrected chi connectivity index (χ3v) is 4.16. The Labute approximate surface area is 96.8 Å². The van der Waals surface area contributed by atoms with E-state index in [2.05, 4.69) is 4.90 Å². The summed E-state index contributed by atoms with van der Waals surface area (Å²) < 4.78 is 0. The van der Waals surface area contributed by atoms with E-state index < -0.39 is 11.5 Å². The minimum absolute atomic E-state index is 0.166. The van der Waals surface area contributed by atoms with E-state index in [1.807, 2.05) is 0 Å². The fourth-order valence-electron chi connectivity index (χ4n) is 3.15. The molecule has 3 N–H and O–H groups in total. The molecule has 1 saturated heterocycles. The molecule has 16 heavy (non-hydrogen) atoms. The van der Waals surface area contributed by atoms with Gasteiger partial charge in [0.2, 0.25) is 0 Å². The van der Waals surface area contributed by atoms with Crippen LogP contribution in [0.3, 0.4) is 0 Å². The van der Waals surface area contributed by atoms with Crippen molar-refractivity contribution in [1.29, 1.82) is 0 Å². The van der Waals surface area contributed by atoms with E-state index in [0.717, 1.165) is 45.2 Å². The van der Waals surface area contributed by atoms with Crippen LogP contribution in [0.25, 0.3) is 0 Å². The maximum atomic E-state index is 11.6. The number of rotatable bonds is 2. The van der Waals surface area contributed by atoms with Crippen LogP contribution in [0.2, 0.25) is 0 Å². The van der Waals surface area contributed by atoms with Gasteiger partial charge in [-0.15, -0.1) is 0 Å². The Morgan fingerprint density at radius 1 is 1.25 bits per heavy atom. The SMILES string of the molecule is NC1CCN(C2(C(=O)O)CCCCCC2)C1. The van der Waals surface area contributed by atoms with E-state index >= 15 is 0 Å². The molecule has 1 atom stereocenters. The van der Waals surface area contributed by atoms with Gasteiger partial charge in [-0.25, -0.2) is 0 Å². The molecule has 0 aromatic rings. The van der Waals surface area contributed by atoms with Crippen LogP contribution in [-0.4, -0.2) is 40.6 Å². The Morgan fingerprint density at radius 3 is 2.31 bits per heavy atom. The lowest BCUT2D eigenvalue weighted by Gasteiger charge is -2.37. The molecule has 2 aliphatic rings. The van der Waals surface area contributed by atoms with Gasteiger partial charge in [-0.05, 0) is 19.3 Å². The molecular formula is C12H22N2O2. The number of hydrogen-bond acceptors (Lipinski definition) is 3. The van der Waals surface area contributed by atoms with Crippen LogP contribution in [0.5, 0.6) is 0 Å². The van der Waals surface area contributed by atoms with Gasteiger partial charge in [-0.2, -0.15) is 0 Å². The van der Waals surface area contributed by atoms with Crippen molar-refractivity contribution in [3.8, 4) is 0 Å². The maximum Gasteiger partial charge on any atom is 0.324 e. The Balaban J connectivity index is 2.16. The highest BCUT2D eigenvalue weighted by atomic mass is 16.4. The summed E-state index contributed by atoms with van der Waals surface area (Å²) in [5, 5.41) is 9.58. The number of carboxylic acid groups (broad SMARTS) is 1. The van der Waals surface area contributed by atoms with Crippen LogP contribution < -0.4 is 5.73 Å². The molecule has 0 aromatic carbocycles. The first kappa shape index (κ1) is 11.9. The molecular weight excluding hydrogens is 204 g/mol. The lowest BCUT2D eigenvalue weighted by atomic mass is 9.88. The minimum atomic E-state index is -0.636. The summed E-state index contributed by atoms with van der Waals surface area (Å²) >= 11 is 0. The standard InChI is InChI=1S/C12H22N2O2/c13-10-5-8-14(9-10)12(11(15)16)6-3-1-2-4-7-12/h10H,1-9,13H2,(H,15,16). The number of nitrogens with two attached hydrogens (primary N) is 1. The van der Waals surface area contributed by atoms with E-state index in [1.165, 1.54) is 12.8 Å². The first-order valence-electron chi connectivity index (χ1n) is 6.39. The number of hydrogen-bond donors (Lipinski definition) is 2. The van der Waals surface area contributed by atoms with E-state index in [-0.39, 0.29) is 6.04 Å². The number of carbonyl (C=O) groups is 1. The topological polar surface area (TPSA) is 66.6 Å². The van der Waals surface area contributed by atoms with Crippen LogP contribution in [-0.2, 0) is 4.79 Å². The van der Waals surface area contributed by atoms with Gasteiger partial charge in [0, 0.05) is 19.1 Å². The second-order valence-corrected chi connectivity index (χ2v) is 5.25. The fourth-order valence-corrected chi connectivity index (χ4v) is 3.15. The third kappa shape index (κ3) is 2.09. The summed E-state index contributed by atoms with van der Waals surface area (Å²) in [5.41, 5.74) is 5.29. The quantitative estimate of drug-likeness (QED) is 0.694. The molecule has 1 heterocycles. The summed E-state index contributed by atoms with van der Waals surface area (Å²) in [4.78, 5) is 13.8. The molecule has 0 spiro atoms. The zero-order chi connectivity index (χ0) is 11.6. The van der Waals surface area contributed by atoms with Crippen LogP contribution in [0.4, 0.5) is 0 Å². The molecule has 1 unspecified atom stereocenters. The summed E-state index contributed by atoms with van der Waals surface area (Å²) in [5.74, 6) is -0.636.